The van der Waals surface area contributed by atoms with E-state index in [0.717, 1.165) is 62.2 Å². The van der Waals surface area contributed by atoms with E-state index >= 15 is 0 Å². The highest BCUT2D eigenvalue weighted by Gasteiger charge is 2.30. The molecular weight excluding hydrogens is 467 g/mol. The van der Waals surface area contributed by atoms with E-state index in [-0.39, 0.29) is 11.5 Å². The molecule has 0 spiro atoms. The summed E-state index contributed by atoms with van der Waals surface area (Å²) in [6.45, 7) is 3.30. The molecule has 0 aromatic heterocycles. The smallest absolute Gasteiger partial charge is 0.267 e. The predicted molar refractivity (Wildman–Crippen MR) is 126 cm³/mol. The first kappa shape index (κ1) is 24.0. The van der Waals surface area contributed by atoms with Crippen LogP contribution in [-0.2, 0) is 16.6 Å². The molecular formula is C24H28ClFN2O4S. The number of amides is 1. The lowest BCUT2D eigenvalue weighted by atomic mass is 9.97. The minimum absolute atomic E-state index is 0.214. The van der Waals surface area contributed by atoms with Crippen LogP contribution in [0.4, 0.5) is 4.39 Å². The second-order valence-corrected chi connectivity index (χ2v) is 11.2. The Bertz CT molecular complexity index is 1110. The molecule has 4 rings (SSSR count). The highest BCUT2D eigenvalue weighted by Crippen LogP contribution is 2.45. The summed E-state index contributed by atoms with van der Waals surface area (Å²) in [6.07, 6.45) is 4.73. The number of hydrogen-bond donors (Lipinski definition) is 1. The molecule has 1 amide bonds. The van der Waals surface area contributed by atoms with Gasteiger partial charge in [-0.2, -0.15) is 0 Å². The normalized spacial score (nSPS) is 17.7. The Morgan fingerprint density at radius 1 is 1.15 bits per heavy atom. The van der Waals surface area contributed by atoms with Crippen LogP contribution in [0.25, 0.3) is 0 Å². The van der Waals surface area contributed by atoms with E-state index in [1.54, 1.807) is 0 Å². The number of nitrogens with zero attached hydrogens (tertiary/aromatic N) is 1. The molecule has 0 atom stereocenters. The number of rotatable bonds is 8. The van der Waals surface area contributed by atoms with Gasteiger partial charge in [0.25, 0.3) is 5.91 Å². The number of carbonyl (C=O) groups is 1. The van der Waals surface area contributed by atoms with Crippen molar-refractivity contribution in [2.45, 2.75) is 38.1 Å². The topological polar surface area (TPSA) is 75.7 Å². The van der Waals surface area contributed by atoms with Gasteiger partial charge in [0.2, 0.25) is 10.0 Å². The lowest BCUT2D eigenvalue weighted by molar-refractivity contribution is 0.0977. The average Bonchev–Trinajstić information content (AvgIpc) is 3.59. The monoisotopic (exact) mass is 494 g/mol. The van der Waals surface area contributed by atoms with Crippen molar-refractivity contribution in [3.63, 3.8) is 0 Å². The largest absolute Gasteiger partial charge is 0.493 e. The lowest BCUT2D eigenvalue weighted by Gasteiger charge is -2.32. The molecule has 2 fully saturated rings. The van der Waals surface area contributed by atoms with Gasteiger partial charge in [-0.05, 0) is 79.9 Å². The van der Waals surface area contributed by atoms with Crippen LogP contribution < -0.4 is 9.46 Å². The van der Waals surface area contributed by atoms with Gasteiger partial charge in [0.05, 0.1) is 18.4 Å². The minimum atomic E-state index is -3.77. The second kappa shape index (κ2) is 9.99. The van der Waals surface area contributed by atoms with Gasteiger partial charge >= 0.3 is 0 Å². The molecule has 0 bridgehead atoms. The molecule has 1 aliphatic heterocycles. The van der Waals surface area contributed by atoms with Gasteiger partial charge in [-0.3, -0.25) is 9.69 Å². The van der Waals surface area contributed by atoms with Crippen LogP contribution in [0.15, 0.2) is 36.4 Å². The molecule has 0 radical (unpaired) electrons. The highest BCUT2D eigenvalue weighted by molar-refractivity contribution is 7.89. The van der Waals surface area contributed by atoms with Crippen LogP contribution in [0.3, 0.4) is 0 Å². The van der Waals surface area contributed by atoms with Crippen molar-refractivity contribution in [1.82, 2.24) is 9.62 Å². The molecule has 1 aliphatic carbocycles. The number of carbonyl (C=O) groups excluding carboxylic acids is 1. The van der Waals surface area contributed by atoms with E-state index in [2.05, 4.69) is 4.90 Å². The Balaban J connectivity index is 1.35. The molecule has 1 heterocycles. The van der Waals surface area contributed by atoms with E-state index in [1.807, 2.05) is 29.0 Å². The molecule has 1 N–H and O–H groups in total. The Hall–Kier alpha value is -2.16. The van der Waals surface area contributed by atoms with E-state index in [0.29, 0.717) is 18.3 Å². The number of hydrogen-bond acceptors (Lipinski definition) is 5. The molecule has 178 valence electrons. The fraction of sp³-hybridized carbons (Fsp3) is 0.458. The fourth-order valence-corrected chi connectivity index (χ4v) is 4.75. The molecule has 2 aromatic rings. The van der Waals surface area contributed by atoms with Gasteiger partial charge in [-0.1, -0.05) is 23.7 Å². The first-order valence-electron chi connectivity index (χ1n) is 11.1. The maximum Gasteiger partial charge on any atom is 0.267 e. The highest BCUT2D eigenvalue weighted by atomic mass is 35.5. The number of benzene rings is 2. The Morgan fingerprint density at radius 2 is 1.82 bits per heavy atom. The summed E-state index contributed by atoms with van der Waals surface area (Å²) in [7, 11) is -3.77. The van der Waals surface area contributed by atoms with Gasteiger partial charge in [-0.25, -0.2) is 17.5 Å². The van der Waals surface area contributed by atoms with Crippen LogP contribution >= 0.6 is 11.6 Å². The summed E-state index contributed by atoms with van der Waals surface area (Å²) in [4.78, 5) is 14.6. The summed E-state index contributed by atoms with van der Waals surface area (Å²) in [5.41, 5.74) is 1.74. The van der Waals surface area contributed by atoms with Crippen LogP contribution in [0.1, 0.15) is 53.1 Å². The van der Waals surface area contributed by atoms with Crippen LogP contribution in [0.2, 0.25) is 5.02 Å². The average molecular weight is 495 g/mol. The third-order valence-electron chi connectivity index (χ3n) is 6.14. The Labute approximate surface area is 199 Å². The minimum Gasteiger partial charge on any atom is -0.493 e. The van der Waals surface area contributed by atoms with Crippen molar-refractivity contribution in [2.24, 2.45) is 5.92 Å². The Morgan fingerprint density at radius 3 is 2.42 bits per heavy atom. The molecule has 9 heteroatoms. The SMILES string of the molecule is CS(=O)(=O)NC(=O)c1cc(C2CC2)c(OCC2CCN(Cc3ccc(Cl)cc3)CC2)cc1F. The zero-order valence-electron chi connectivity index (χ0n) is 18.5. The zero-order chi connectivity index (χ0) is 23.6. The van der Waals surface area contributed by atoms with Crippen molar-refractivity contribution in [1.29, 1.82) is 0 Å². The number of sulfonamides is 1. The molecule has 1 saturated heterocycles. The summed E-state index contributed by atoms with van der Waals surface area (Å²) in [5.74, 6) is -0.708. The van der Waals surface area contributed by atoms with Crippen LogP contribution in [0, 0.1) is 11.7 Å². The zero-order valence-corrected chi connectivity index (χ0v) is 20.1. The third kappa shape index (κ3) is 6.68. The predicted octanol–water partition coefficient (Wildman–Crippen LogP) is 4.34. The van der Waals surface area contributed by atoms with Crippen molar-refractivity contribution in [3.05, 3.63) is 63.9 Å². The Kier molecular flexibility index (Phi) is 7.26. The summed E-state index contributed by atoms with van der Waals surface area (Å²) >= 11 is 5.96. The number of ether oxygens (including phenoxy) is 1. The van der Waals surface area contributed by atoms with Gasteiger partial charge in [-0.15, -0.1) is 0 Å². The molecule has 2 aromatic carbocycles. The number of nitrogens with one attached hydrogen (secondary N) is 1. The first-order chi connectivity index (χ1) is 15.7. The van der Waals surface area contributed by atoms with Crippen molar-refractivity contribution < 1.29 is 22.3 Å². The van der Waals surface area contributed by atoms with Gasteiger partial charge in [0.1, 0.15) is 11.6 Å². The summed E-state index contributed by atoms with van der Waals surface area (Å²) in [5, 5.41) is 0.737. The third-order valence-corrected chi connectivity index (χ3v) is 6.95. The fourth-order valence-electron chi connectivity index (χ4n) is 4.17. The van der Waals surface area contributed by atoms with E-state index in [9.17, 15) is 17.6 Å². The molecule has 0 unspecified atom stereocenters. The molecule has 6 nitrogen and oxygen atoms in total. The quantitative estimate of drug-likeness (QED) is 0.591. The maximum absolute atomic E-state index is 14.6. The van der Waals surface area contributed by atoms with E-state index < -0.39 is 21.7 Å². The molecule has 33 heavy (non-hydrogen) atoms. The van der Waals surface area contributed by atoms with E-state index in [1.165, 1.54) is 17.7 Å². The lowest BCUT2D eigenvalue weighted by Crippen LogP contribution is -2.35. The maximum atomic E-state index is 14.6. The van der Waals surface area contributed by atoms with Crippen LogP contribution in [-0.4, -0.2) is 45.2 Å². The van der Waals surface area contributed by atoms with Crippen molar-refractivity contribution in [2.75, 3.05) is 26.0 Å². The summed E-state index contributed by atoms with van der Waals surface area (Å²) < 4.78 is 45.2. The number of piperidine rings is 1. The van der Waals surface area contributed by atoms with Crippen LogP contribution in [0.5, 0.6) is 5.75 Å². The van der Waals surface area contributed by atoms with Crippen molar-refractivity contribution in [3.8, 4) is 5.75 Å². The standard InChI is InChI=1S/C24H28ClFN2O4S/c1-33(30,31)27-24(29)21-12-20(18-4-5-18)23(13-22(21)26)32-15-17-8-10-28(11-9-17)14-16-2-6-19(25)7-3-16/h2-3,6-7,12-13,17-18H,4-5,8-11,14-15H2,1H3,(H,27,29). The second-order valence-electron chi connectivity index (χ2n) is 9.00. The van der Waals surface area contributed by atoms with Gasteiger partial charge < -0.3 is 4.74 Å². The summed E-state index contributed by atoms with van der Waals surface area (Å²) in [6, 6.07) is 10.6. The van der Waals surface area contributed by atoms with Gasteiger partial charge in [0, 0.05) is 17.6 Å². The van der Waals surface area contributed by atoms with Crippen molar-refractivity contribution >= 4 is 27.5 Å². The number of likely N-dealkylation sites (tertiary alicyclic amines) is 1. The van der Waals surface area contributed by atoms with Gasteiger partial charge in [0.15, 0.2) is 0 Å². The molecule has 2 aliphatic rings. The number of halogens is 2. The molecule has 1 saturated carbocycles. The van der Waals surface area contributed by atoms with E-state index in [4.69, 9.17) is 16.3 Å². The first-order valence-corrected chi connectivity index (χ1v) is 13.4.